The third kappa shape index (κ3) is 14.6. The molecule has 0 aliphatic rings. The number of aliphatic carboxylic acids is 2. The molecule has 1 rings (SSSR count). The molecular weight excluding hydrogens is 536 g/mol. The van der Waals surface area contributed by atoms with E-state index in [2.05, 4.69) is 20.9 Å². The molecule has 15 nitrogen and oxygen atoms in total. The van der Waals surface area contributed by atoms with Crippen LogP contribution in [0.5, 0.6) is 0 Å². The third-order valence-electron chi connectivity index (χ3n) is 6.05. The highest BCUT2D eigenvalue weighted by Crippen LogP contribution is 2.08. The van der Waals surface area contributed by atoms with E-state index in [1.807, 2.05) is 30.3 Å². The van der Waals surface area contributed by atoms with E-state index in [1.165, 1.54) is 0 Å². The summed E-state index contributed by atoms with van der Waals surface area (Å²) in [4.78, 5) is 65.5. The first kappa shape index (κ1) is 34.8. The molecule has 0 heterocycles. The van der Waals surface area contributed by atoms with E-state index < -0.39 is 60.2 Å². The summed E-state index contributed by atoms with van der Waals surface area (Å²) >= 11 is 0. The summed E-state index contributed by atoms with van der Waals surface area (Å²) < 4.78 is 0. The van der Waals surface area contributed by atoms with E-state index in [0.29, 0.717) is 25.8 Å². The van der Waals surface area contributed by atoms with Crippen LogP contribution < -0.4 is 38.9 Å². The van der Waals surface area contributed by atoms with Gasteiger partial charge >= 0.3 is 11.9 Å². The number of hydrogen-bond acceptors (Lipinski definition) is 8. The van der Waals surface area contributed by atoms with E-state index in [-0.39, 0.29) is 38.2 Å². The van der Waals surface area contributed by atoms with Crippen molar-refractivity contribution in [1.82, 2.24) is 16.0 Å². The van der Waals surface area contributed by atoms with Gasteiger partial charge in [-0.25, -0.2) is 4.79 Å². The number of nitrogens with one attached hydrogen (secondary N) is 3. The lowest BCUT2D eigenvalue weighted by Gasteiger charge is -2.25. The number of carbonyl (C=O) groups is 5. The first-order valence-electron chi connectivity index (χ1n) is 13.3. The topological polar surface area (TPSA) is 278 Å². The zero-order chi connectivity index (χ0) is 30.8. The molecule has 0 spiro atoms. The average Bonchev–Trinajstić information content (AvgIpc) is 2.91. The van der Waals surface area contributed by atoms with Gasteiger partial charge in [0.05, 0.1) is 6.04 Å². The quantitative estimate of drug-likeness (QED) is 0.0470. The Hall–Kier alpha value is -4.24. The minimum Gasteiger partial charge on any atom is -0.481 e. The average molecular weight is 579 g/mol. The summed E-state index contributed by atoms with van der Waals surface area (Å²) in [7, 11) is 0. The van der Waals surface area contributed by atoms with Gasteiger partial charge in [-0.1, -0.05) is 30.3 Å². The lowest BCUT2D eigenvalue weighted by molar-refractivity contribution is -0.143. The van der Waals surface area contributed by atoms with Crippen molar-refractivity contribution in [3.05, 3.63) is 35.9 Å². The number of carbonyl (C=O) groups excluding carboxylic acids is 3. The maximum atomic E-state index is 13.3. The van der Waals surface area contributed by atoms with E-state index >= 15 is 0 Å². The molecular formula is C26H42N8O7. The summed E-state index contributed by atoms with van der Waals surface area (Å²) in [6, 6.07) is 4.38. The molecule has 228 valence electrons. The molecule has 41 heavy (non-hydrogen) atoms. The summed E-state index contributed by atoms with van der Waals surface area (Å²) in [6.45, 7) is 0.518. The Morgan fingerprint density at radius 1 is 0.780 bits per heavy atom. The number of rotatable bonds is 20. The third-order valence-corrected chi connectivity index (χ3v) is 6.05. The van der Waals surface area contributed by atoms with Gasteiger partial charge in [0.15, 0.2) is 5.96 Å². The fourth-order valence-electron chi connectivity index (χ4n) is 3.84. The minimum atomic E-state index is -1.47. The van der Waals surface area contributed by atoms with Gasteiger partial charge in [-0.05, 0) is 57.1 Å². The van der Waals surface area contributed by atoms with Crippen LogP contribution in [0.4, 0.5) is 0 Å². The normalized spacial score (nSPS) is 13.6. The smallest absolute Gasteiger partial charge is 0.326 e. The van der Waals surface area contributed by atoms with Gasteiger partial charge in [-0.2, -0.15) is 0 Å². The van der Waals surface area contributed by atoms with Crippen LogP contribution >= 0.6 is 0 Å². The molecule has 3 amide bonds. The Morgan fingerprint density at radius 3 is 1.88 bits per heavy atom. The summed E-state index contributed by atoms with van der Waals surface area (Å²) in [6.07, 6.45) is 0.926. The van der Waals surface area contributed by atoms with Crippen LogP contribution in [0, 0.1) is 0 Å². The number of carboxylic acids is 2. The highest BCUT2D eigenvalue weighted by Gasteiger charge is 2.30. The highest BCUT2D eigenvalue weighted by atomic mass is 16.4. The fraction of sp³-hybridized carbons (Fsp3) is 0.538. The van der Waals surface area contributed by atoms with Crippen LogP contribution in [-0.4, -0.2) is 83.1 Å². The second-order valence-electron chi connectivity index (χ2n) is 9.48. The number of hydrogen-bond donors (Lipinski definition) is 9. The van der Waals surface area contributed by atoms with Crippen molar-refractivity contribution >= 4 is 35.6 Å². The van der Waals surface area contributed by atoms with Gasteiger partial charge in [-0.3, -0.25) is 24.2 Å². The van der Waals surface area contributed by atoms with Crippen LogP contribution in [-0.2, 0) is 30.4 Å². The van der Waals surface area contributed by atoms with Gasteiger partial charge in [0.1, 0.15) is 18.1 Å². The Morgan fingerprint density at radius 2 is 1.34 bits per heavy atom. The molecule has 0 saturated heterocycles. The number of guanidine groups is 1. The number of nitrogens with zero attached hydrogens (tertiary/aromatic N) is 1. The lowest BCUT2D eigenvalue weighted by atomic mass is 10.0. The Labute approximate surface area is 238 Å². The Kier molecular flexibility index (Phi) is 16.1. The second-order valence-corrected chi connectivity index (χ2v) is 9.48. The van der Waals surface area contributed by atoms with E-state index in [1.54, 1.807) is 0 Å². The van der Waals surface area contributed by atoms with Crippen LogP contribution in [0.25, 0.3) is 0 Å². The van der Waals surface area contributed by atoms with Crippen molar-refractivity contribution in [3.8, 4) is 0 Å². The van der Waals surface area contributed by atoms with Crippen molar-refractivity contribution in [3.63, 3.8) is 0 Å². The molecule has 4 atom stereocenters. The van der Waals surface area contributed by atoms with Gasteiger partial charge in [-0.15, -0.1) is 0 Å². The van der Waals surface area contributed by atoms with Gasteiger partial charge in [0.25, 0.3) is 0 Å². The maximum Gasteiger partial charge on any atom is 0.326 e. The fourth-order valence-corrected chi connectivity index (χ4v) is 3.84. The highest BCUT2D eigenvalue weighted by molar-refractivity contribution is 5.94. The van der Waals surface area contributed by atoms with Crippen molar-refractivity contribution in [2.75, 3.05) is 13.1 Å². The lowest BCUT2D eigenvalue weighted by Crippen LogP contribution is -2.57. The number of benzene rings is 1. The zero-order valence-corrected chi connectivity index (χ0v) is 23.0. The molecule has 0 aliphatic heterocycles. The molecule has 1 aromatic rings. The number of amides is 3. The van der Waals surface area contributed by atoms with Crippen LogP contribution in [0.3, 0.4) is 0 Å². The number of nitrogens with two attached hydrogens (primary N) is 4. The predicted molar refractivity (Wildman–Crippen MR) is 151 cm³/mol. The van der Waals surface area contributed by atoms with Crippen LogP contribution in [0.2, 0.25) is 0 Å². The molecule has 0 radical (unpaired) electrons. The molecule has 0 fully saturated rings. The van der Waals surface area contributed by atoms with E-state index in [4.69, 9.17) is 28.0 Å². The number of aliphatic imine (C=N–C) groups is 1. The van der Waals surface area contributed by atoms with Crippen molar-refractivity contribution in [1.29, 1.82) is 0 Å². The SMILES string of the molecule is NCCCCC(NC(=O)C(CCCN=C(N)N)NC(=O)C(N)Cc1ccccc1)C(=O)NC(CCC(=O)O)C(=O)O. The summed E-state index contributed by atoms with van der Waals surface area (Å²) in [5, 5.41) is 25.8. The molecule has 13 N–H and O–H groups in total. The summed E-state index contributed by atoms with van der Waals surface area (Å²) in [5.74, 6) is -4.85. The van der Waals surface area contributed by atoms with Crippen molar-refractivity contribution in [2.45, 2.75) is 75.5 Å². The molecule has 0 aromatic heterocycles. The monoisotopic (exact) mass is 578 g/mol. The van der Waals surface area contributed by atoms with Crippen LogP contribution in [0.1, 0.15) is 50.5 Å². The van der Waals surface area contributed by atoms with Gasteiger partial charge in [0.2, 0.25) is 17.7 Å². The second kappa shape index (κ2) is 18.9. The van der Waals surface area contributed by atoms with Gasteiger partial charge < -0.3 is 49.1 Å². The van der Waals surface area contributed by atoms with Gasteiger partial charge in [0, 0.05) is 13.0 Å². The number of unbranched alkanes of at least 4 members (excludes halogenated alkanes) is 1. The van der Waals surface area contributed by atoms with Crippen molar-refractivity contribution in [2.24, 2.45) is 27.9 Å². The zero-order valence-electron chi connectivity index (χ0n) is 23.0. The molecule has 0 saturated carbocycles. The van der Waals surface area contributed by atoms with Crippen LogP contribution in [0.15, 0.2) is 35.3 Å². The Bertz CT molecular complexity index is 1030. The summed E-state index contributed by atoms with van der Waals surface area (Å²) in [5.41, 5.74) is 23.2. The molecule has 1 aromatic carbocycles. The largest absolute Gasteiger partial charge is 0.481 e. The predicted octanol–water partition coefficient (Wildman–Crippen LogP) is -1.86. The maximum absolute atomic E-state index is 13.3. The Balaban J connectivity index is 3.04. The minimum absolute atomic E-state index is 0.111. The number of carboxylic acid groups (broad SMARTS) is 2. The molecule has 4 unspecified atom stereocenters. The first-order valence-corrected chi connectivity index (χ1v) is 13.3. The molecule has 15 heteroatoms. The van der Waals surface area contributed by atoms with E-state index in [0.717, 1.165) is 5.56 Å². The molecule has 0 aliphatic carbocycles. The molecule has 0 bridgehead atoms. The van der Waals surface area contributed by atoms with Crippen molar-refractivity contribution < 1.29 is 34.2 Å². The van der Waals surface area contributed by atoms with E-state index in [9.17, 15) is 29.1 Å². The standard InChI is InChI=1S/C26H42N8O7/c27-13-5-4-9-18(24(39)34-20(25(40)41)11-12-21(35)36)33-23(38)19(10-6-14-31-26(29)30)32-22(37)17(28)15-16-7-2-1-3-8-16/h1-3,7-8,17-20H,4-6,9-15,27-28H2,(H,32,37)(H,33,38)(H,34,39)(H,35,36)(H,40,41)(H4,29,30,31). The first-order chi connectivity index (χ1) is 19.4.